The van der Waals surface area contributed by atoms with Crippen LogP contribution in [0.4, 0.5) is 22.0 Å². The molecule has 28 heavy (non-hydrogen) atoms. The highest BCUT2D eigenvalue weighted by molar-refractivity contribution is 6.23. The van der Waals surface area contributed by atoms with Crippen LogP contribution in [0.25, 0.3) is 43.6 Å². The number of aromatic nitrogens is 2. The van der Waals surface area contributed by atoms with Crippen molar-refractivity contribution in [3.63, 3.8) is 0 Å². The smallest absolute Gasteiger partial charge is 0.417 e. The van der Waals surface area contributed by atoms with Crippen molar-refractivity contribution in [3.05, 3.63) is 53.6 Å². The Morgan fingerprint density at radius 2 is 1.25 bits per heavy atom. The maximum absolute atomic E-state index is 14.2. The standard InChI is InChI=1S/C20H11F5N2O/c1-28-19-17-14(10-6-8(21)2-4-12(10)26-17)16(20(23,24)25)15-11-7-9(22)3-5-13(11)27-18(15)19/h2-7,26-27H,1H3. The summed E-state index contributed by atoms with van der Waals surface area (Å²) in [6.45, 7) is 0. The molecule has 2 N–H and O–H groups in total. The van der Waals surface area contributed by atoms with Gasteiger partial charge in [0, 0.05) is 32.6 Å². The Hall–Kier alpha value is -3.29. The van der Waals surface area contributed by atoms with Crippen molar-refractivity contribution in [2.24, 2.45) is 0 Å². The molecule has 0 amide bonds. The number of ether oxygens (including phenoxy) is 1. The van der Waals surface area contributed by atoms with Gasteiger partial charge in [-0.05, 0) is 36.4 Å². The quantitative estimate of drug-likeness (QED) is 0.326. The molecule has 5 rings (SSSR count). The molecule has 0 radical (unpaired) electrons. The second-order valence-corrected chi connectivity index (χ2v) is 6.54. The predicted octanol–water partition coefficient (Wildman–Crippen LogP) is 6.26. The van der Waals surface area contributed by atoms with E-state index in [1.165, 1.54) is 19.2 Å². The molecule has 0 atom stereocenters. The Balaban J connectivity index is 2.17. The SMILES string of the molecule is COc1c2[nH]c3ccc(F)cc3c2c(C(F)(F)F)c2c1[nH]c1ccc(F)cc12. The topological polar surface area (TPSA) is 40.8 Å². The van der Waals surface area contributed by atoms with Gasteiger partial charge in [-0.15, -0.1) is 0 Å². The number of hydrogen-bond acceptors (Lipinski definition) is 1. The Labute approximate surface area is 153 Å². The molecule has 3 nitrogen and oxygen atoms in total. The van der Waals surface area contributed by atoms with Crippen molar-refractivity contribution in [2.45, 2.75) is 6.18 Å². The van der Waals surface area contributed by atoms with E-state index in [1.54, 1.807) is 0 Å². The van der Waals surface area contributed by atoms with Crippen molar-refractivity contribution >= 4 is 43.6 Å². The van der Waals surface area contributed by atoms with Crippen molar-refractivity contribution in [1.82, 2.24) is 9.97 Å². The monoisotopic (exact) mass is 390 g/mol. The first-order valence-corrected chi connectivity index (χ1v) is 8.28. The average molecular weight is 390 g/mol. The first-order valence-electron chi connectivity index (χ1n) is 8.28. The molecule has 0 saturated carbocycles. The molecule has 2 heterocycles. The van der Waals surface area contributed by atoms with E-state index in [0.29, 0.717) is 11.0 Å². The summed E-state index contributed by atoms with van der Waals surface area (Å²) in [6.07, 6.45) is -4.77. The second-order valence-electron chi connectivity index (χ2n) is 6.54. The number of rotatable bonds is 1. The lowest BCUT2D eigenvalue weighted by molar-refractivity contribution is -0.134. The summed E-state index contributed by atoms with van der Waals surface area (Å²) in [5.41, 5.74) is -0.108. The largest absolute Gasteiger partial charge is 0.492 e. The molecule has 0 aliphatic carbocycles. The van der Waals surface area contributed by atoms with E-state index in [4.69, 9.17) is 4.74 Å². The Bertz CT molecular complexity index is 1310. The number of aromatic amines is 2. The maximum Gasteiger partial charge on any atom is 0.417 e. The lowest BCUT2D eigenvalue weighted by Crippen LogP contribution is -2.07. The van der Waals surface area contributed by atoms with Crippen LogP contribution < -0.4 is 4.74 Å². The first kappa shape index (κ1) is 16.9. The minimum Gasteiger partial charge on any atom is -0.492 e. The predicted molar refractivity (Wildman–Crippen MR) is 96.6 cm³/mol. The van der Waals surface area contributed by atoms with E-state index >= 15 is 0 Å². The highest BCUT2D eigenvalue weighted by Gasteiger charge is 2.39. The molecular weight excluding hydrogens is 379 g/mol. The summed E-state index contributed by atoms with van der Waals surface area (Å²) in [5, 5.41) is -0.269. The molecule has 0 bridgehead atoms. The number of hydrogen-bond donors (Lipinski definition) is 2. The molecule has 0 saturated heterocycles. The number of halogens is 5. The van der Waals surface area contributed by atoms with Crippen LogP contribution in [0.2, 0.25) is 0 Å². The molecule has 142 valence electrons. The molecule has 3 aromatic carbocycles. The first-order chi connectivity index (χ1) is 13.3. The molecule has 8 heteroatoms. The zero-order chi connectivity index (χ0) is 19.8. The van der Waals surface area contributed by atoms with E-state index in [-0.39, 0.29) is 38.3 Å². The van der Waals surface area contributed by atoms with Crippen LogP contribution in [0.1, 0.15) is 5.56 Å². The van der Waals surface area contributed by atoms with Crippen molar-refractivity contribution in [3.8, 4) is 5.75 Å². The van der Waals surface area contributed by atoms with E-state index < -0.39 is 23.4 Å². The fraction of sp³-hybridized carbons (Fsp3) is 0.100. The highest BCUT2D eigenvalue weighted by Crippen LogP contribution is 2.49. The maximum atomic E-state index is 14.2. The van der Waals surface area contributed by atoms with Crippen LogP contribution in [-0.2, 0) is 6.18 Å². The van der Waals surface area contributed by atoms with E-state index in [2.05, 4.69) is 9.97 Å². The van der Waals surface area contributed by atoms with Crippen molar-refractivity contribution in [1.29, 1.82) is 0 Å². The Kier molecular flexibility index (Phi) is 3.23. The van der Waals surface area contributed by atoms with Gasteiger partial charge in [0.25, 0.3) is 0 Å². The van der Waals surface area contributed by atoms with Gasteiger partial charge in [0.05, 0.1) is 23.7 Å². The van der Waals surface area contributed by atoms with Crippen LogP contribution >= 0.6 is 0 Å². The summed E-state index contributed by atoms with van der Waals surface area (Å²) in [5.74, 6) is -1.18. The average Bonchev–Trinajstić information content (AvgIpc) is 3.17. The summed E-state index contributed by atoms with van der Waals surface area (Å²) in [6, 6.07) is 7.16. The third-order valence-electron chi connectivity index (χ3n) is 4.96. The fourth-order valence-electron chi connectivity index (χ4n) is 3.93. The zero-order valence-electron chi connectivity index (χ0n) is 14.3. The molecular formula is C20H11F5N2O. The number of nitrogens with one attached hydrogen (secondary N) is 2. The summed E-state index contributed by atoms with van der Waals surface area (Å²) >= 11 is 0. The van der Waals surface area contributed by atoms with E-state index in [1.807, 2.05) is 0 Å². The van der Waals surface area contributed by atoms with Crippen molar-refractivity contribution < 1.29 is 26.7 Å². The fourth-order valence-corrected chi connectivity index (χ4v) is 3.93. The number of fused-ring (bicyclic) bond motifs is 6. The van der Waals surface area contributed by atoms with Gasteiger partial charge in [-0.25, -0.2) is 8.78 Å². The Morgan fingerprint density at radius 3 is 1.64 bits per heavy atom. The van der Waals surface area contributed by atoms with Gasteiger partial charge in [0.1, 0.15) is 11.6 Å². The number of alkyl halides is 3. The van der Waals surface area contributed by atoms with Crippen LogP contribution in [0.5, 0.6) is 5.75 Å². The normalized spacial score (nSPS) is 12.6. The van der Waals surface area contributed by atoms with Crippen LogP contribution in [0, 0.1) is 11.6 Å². The van der Waals surface area contributed by atoms with Crippen LogP contribution in [0.3, 0.4) is 0 Å². The number of H-pyrrole nitrogens is 2. The van der Waals surface area contributed by atoms with Crippen LogP contribution in [0.15, 0.2) is 36.4 Å². The third kappa shape index (κ3) is 2.14. The van der Waals surface area contributed by atoms with Gasteiger partial charge in [0.15, 0.2) is 5.75 Å². The highest BCUT2D eigenvalue weighted by atomic mass is 19.4. The molecule has 0 fully saturated rings. The molecule has 2 aromatic heterocycles. The second kappa shape index (κ2) is 5.37. The van der Waals surface area contributed by atoms with Crippen LogP contribution in [-0.4, -0.2) is 17.1 Å². The third-order valence-corrected chi connectivity index (χ3v) is 4.96. The lowest BCUT2D eigenvalue weighted by Gasteiger charge is -2.14. The lowest BCUT2D eigenvalue weighted by atomic mass is 9.98. The number of methoxy groups -OCH3 is 1. The minimum absolute atomic E-state index is 0.0771. The number of benzene rings is 3. The summed E-state index contributed by atoms with van der Waals surface area (Å²) < 4.78 is 75.8. The van der Waals surface area contributed by atoms with Gasteiger partial charge >= 0.3 is 6.18 Å². The zero-order valence-corrected chi connectivity index (χ0v) is 14.3. The van der Waals surface area contributed by atoms with Gasteiger partial charge in [-0.3, -0.25) is 0 Å². The summed E-state index contributed by atoms with van der Waals surface area (Å²) in [7, 11) is 1.33. The van der Waals surface area contributed by atoms with Gasteiger partial charge in [-0.2, -0.15) is 13.2 Å². The minimum atomic E-state index is -4.77. The van der Waals surface area contributed by atoms with E-state index in [9.17, 15) is 22.0 Å². The Morgan fingerprint density at radius 1 is 0.786 bits per heavy atom. The molecule has 0 unspecified atom stereocenters. The molecule has 0 aliphatic rings. The van der Waals surface area contributed by atoms with Gasteiger partial charge in [0.2, 0.25) is 0 Å². The van der Waals surface area contributed by atoms with Gasteiger partial charge in [-0.1, -0.05) is 0 Å². The molecule has 0 aliphatic heterocycles. The summed E-state index contributed by atoms with van der Waals surface area (Å²) in [4.78, 5) is 5.80. The van der Waals surface area contributed by atoms with E-state index in [0.717, 1.165) is 24.3 Å². The van der Waals surface area contributed by atoms with Gasteiger partial charge < -0.3 is 14.7 Å². The molecule has 5 aromatic rings. The van der Waals surface area contributed by atoms with Crippen molar-refractivity contribution in [2.75, 3.05) is 7.11 Å². The molecule has 0 spiro atoms.